The number of aromatic nitrogens is 3. The van der Waals surface area contributed by atoms with E-state index in [0.717, 1.165) is 11.1 Å². The quantitative estimate of drug-likeness (QED) is 0.560. The zero-order valence-electron chi connectivity index (χ0n) is 14.6. The summed E-state index contributed by atoms with van der Waals surface area (Å²) in [5.74, 6) is -0.527. The summed E-state index contributed by atoms with van der Waals surface area (Å²) >= 11 is 0. The SMILES string of the molecule is O=C1C[C@@H](c2cccc(O)c2)c2c(ccc3nn(-c4ccc(F)cc4)nc23)N1. The summed E-state index contributed by atoms with van der Waals surface area (Å²) < 4.78 is 13.2. The van der Waals surface area contributed by atoms with Gasteiger partial charge in [0, 0.05) is 23.6 Å². The lowest BCUT2D eigenvalue weighted by Crippen LogP contribution is -2.23. The van der Waals surface area contributed by atoms with E-state index < -0.39 is 0 Å². The molecule has 0 spiro atoms. The molecule has 6 nitrogen and oxygen atoms in total. The lowest BCUT2D eigenvalue weighted by Gasteiger charge is -2.26. The van der Waals surface area contributed by atoms with Crippen LogP contribution in [0.25, 0.3) is 16.7 Å². The fraction of sp³-hybridized carbons (Fsp3) is 0.0952. The molecular formula is C21H15FN4O2. The first-order valence-electron chi connectivity index (χ1n) is 8.83. The highest BCUT2D eigenvalue weighted by atomic mass is 19.1. The summed E-state index contributed by atoms with van der Waals surface area (Å²) in [4.78, 5) is 13.7. The number of hydrogen-bond acceptors (Lipinski definition) is 4. The Morgan fingerprint density at radius 2 is 1.89 bits per heavy atom. The highest BCUT2D eigenvalue weighted by Gasteiger charge is 2.30. The van der Waals surface area contributed by atoms with Crippen LogP contribution in [0.3, 0.4) is 0 Å². The maximum Gasteiger partial charge on any atom is 0.225 e. The zero-order valence-corrected chi connectivity index (χ0v) is 14.6. The fourth-order valence-corrected chi connectivity index (χ4v) is 3.67. The van der Waals surface area contributed by atoms with E-state index in [2.05, 4.69) is 15.5 Å². The van der Waals surface area contributed by atoms with E-state index in [1.54, 1.807) is 36.4 Å². The molecule has 2 N–H and O–H groups in total. The molecule has 3 aromatic carbocycles. The van der Waals surface area contributed by atoms with Crippen LogP contribution in [0, 0.1) is 5.82 Å². The Kier molecular flexibility index (Phi) is 3.61. The summed E-state index contributed by atoms with van der Waals surface area (Å²) in [6.07, 6.45) is 0.249. The molecule has 0 aliphatic carbocycles. The van der Waals surface area contributed by atoms with E-state index in [9.17, 15) is 14.3 Å². The van der Waals surface area contributed by atoms with Crippen LogP contribution >= 0.6 is 0 Å². The minimum Gasteiger partial charge on any atom is -0.508 e. The normalized spacial score (nSPS) is 16.0. The fourth-order valence-electron chi connectivity index (χ4n) is 3.67. The number of fused-ring (bicyclic) bond motifs is 3. The molecule has 138 valence electrons. The maximum atomic E-state index is 13.2. The number of phenolic OH excluding ortho intramolecular Hbond substituents is 1. The third-order valence-corrected chi connectivity index (χ3v) is 4.94. The number of halogens is 1. The van der Waals surface area contributed by atoms with Crippen LogP contribution in [0.4, 0.5) is 10.1 Å². The lowest BCUT2D eigenvalue weighted by atomic mass is 9.84. The largest absolute Gasteiger partial charge is 0.508 e. The van der Waals surface area contributed by atoms with E-state index in [-0.39, 0.29) is 29.8 Å². The third kappa shape index (κ3) is 2.68. The smallest absolute Gasteiger partial charge is 0.225 e. The van der Waals surface area contributed by atoms with Gasteiger partial charge >= 0.3 is 0 Å². The molecule has 1 aliphatic rings. The van der Waals surface area contributed by atoms with Gasteiger partial charge in [-0.2, -0.15) is 4.80 Å². The maximum absolute atomic E-state index is 13.2. The monoisotopic (exact) mass is 374 g/mol. The Morgan fingerprint density at radius 1 is 1.07 bits per heavy atom. The summed E-state index contributed by atoms with van der Waals surface area (Å²) in [5, 5.41) is 21.9. The second-order valence-electron chi connectivity index (χ2n) is 6.76. The number of phenols is 1. The molecule has 2 heterocycles. The molecule has 4 aromatic rings. The molecular weight excluding hydrogens is 359 g/mol. The lowest BCUT2D eigenvalue weighted by molar-refractivity contribution is -0.116. The van der Waals surface area contributed by atoms with Crippen molar-refractivity contribution < 1.29 is 14.3 Å². The number of carbonyl (C=O) groups is 1. The number of nitrogens with zero attached hydrogens (tertiary/aromatic N) is 3. The van der Waals surface area contributed by atoms with Gasteiger partial charge in [-0.05, 0) is 54.1 Å². The van der Waals surface area contributed by atoms with Crippen molar-refractivity contribution in [3.63, 3.8) is 0 Å². The average molecular weight is 374 g/mol. The Labute approximate surface area is 159 Å². The first-order valence-corrected chi connectivity index (χ1v) is 8.83. The van der Waals surface area contributed by atoms with Crippen molar-refractivity contribution in [2.45, 2.75) is 12.3 Å². The predicted octanol–water partition coefficient (Wildman–Crippen LogP) is 3.74. The first-order chi connectivity index (χ1) is 13.6. The minimum atomic E-state index is -0.329. The van der Waals surface area contributed by atoms with Gasteiger partial charge in [0.1, 0.15) is 22.6 Å². The molecule has 1 amide bonds. The highest BCUT2D eigenvalue weighted by Crippen LogP contribution is 2.41. The molecule has 28 heavy (non-hydrogen) atoms. The number of aromatic hydroxyl groups is 1. The molecule has 0 fully saturated rings. The molecule has 0 saturated carbocycles. The molecule has 7 heteroatoms. The van der Waals surface area contributed by atoms with Gasteiger partial charge in [0.15, 0.2) is 0 Å². The zero-order chi connectivity index (χ0) is 19.3. The van der Waals surface area contributed by atoms with Gasteiger partial charge < -0.3 is 10.4 Å². The van der Waals surface area contributed by atoms with E-state index in [1.807, 2.05) is 12.1 Å². The number of rotatable bonds is 2. The highest BCUT2D eigenvalue weighted by molar-refractivity contribution is 5.99. The number of anilines is 1. The van der Waals surface area contributed by atoms with Crippen LogP contribution in [0.2, 0.25) is 0 Å². The minimum absolute atomic E-state index is 0.0916. The van der Waals surface area contributed by atoms with E-state index in [1.165, 1.54) is 16.9 Å². The Bertz CT molecular complexity index is 1220. The van der Waals surface area contributed by atoms with E-state index >= 15 is 0 Å². The molecule has 0 saturated heterocycles. The number of amides is 1. The number of benzene rings is 3. The summed E-state index contributed by atoms with van der Waals surface area (Å²) in [7, 11) is 0. The van der Waals surface area contributed by atoms with Crippen molar-refractivity contribution in [3.05, 3.63) is 77.6 Å². The Hall–Kier alpha value is -3.74. The van der Waals surface area contributed by atoms with Crippen LogP contribution in [-0.4, -0.2) is 26.0 Å². The van der Waals surface area contributed by atoms with Gasteiger partial charge in [0.2, 0.25) is 5.91 Å². The average Bonchev–Trinajstić information content (AvgIpc) is 3.12. The van der Waals surface area contributed by atoms with Crippen LogP contribution < -0.4 is 5.32 Å². The summed E-state index contributed by atoms with van der Waals surface area (Å²) in [6, 6.07) is 16.4. The predicted molar refractivity (Wildman–Crippen MR) is 102 cm³/mol. The second kappa shape index (κ2) is 6.16. The molecule has 0 bridgehead atoms. The van der Waals surface area contributed by atoms with Crippen molar-refractivity contribution in [2.24, 2.45) is 0 Å². The molecule has 0 radical (unpaired) electrons. The van der Waals surface area contributed by atoms with Gasteiger partial charge in [-0.1, -0.05) is 12.1 Å². The van der Waals surface area contributed by atoms with Gasteiger partial charge in [-0.25, -0.2) is 4.39 Å². The first kappa shape index (κ1) is 16.4. The van der Waals surface area contributed by atoms with Crippen LogP contribution in [0.1, 0.15) is 23.5 Å². The molecule has 1 aromatic heterocycles. The van der Waals surface area contributed by atoms with Crippen molar-refractivity contribution in [3.8, 4) is 11.4 Å². The summed E-state index contributed by atoms with van der Waals surface area (Å²) in [6.45, 7) is 0. The van der Waals surface area contributed by atoms with Crippen molar-refractivity contribution in [2.75, 3.05) is 5.32 Å². The molecule has 0 unspecified atom stereocenters. The standard InChI is InChI=1S/C21H15FN4O2/c22-13-4-6-14(7-5-13)26-24-18-9-8-17-20(21(18)25-26)16(11-19(28)23-17)12-2-1-3-15(27)10-12/h1-10,16,27H,11H2,(H,23,28)/t16-/m0/s1. The van der Waals surface area contributed by atoms with Crippen molar-refractivity contribution in [1.29, 1.82) is 0 Å². The van der Waals surface area contributed by atoms with Gasteiger partial charge in [-0.15, -0.1) is 10.2 Å². The van der Waals surface area contributed by atoms with Crippen molar-refractivity contribution in [1.82, 2.24) is 15.0 Å². The Morgan fingerprint density at radius 3 is 2.68 bits per heavy atom. The van der Waals surface area contributed by atoms with Crippen LogP contribution in [0.15, 0.2) is 60.7 Å². The van der Waals surface area contributed by atoms with E-state index in [4.69, 9.17) is 0 Å². The van der Waals surface area contributed by atoms with Crippen LogP contribution in [0.5, 0.6) is 5.75 Å². The van der Waals surface area contributed by atoms with Crippen molar-refractivity contribution >= 4 is 22.6 Å². The number of nitrogens with one attached hydrogen (secondary N) is 1. The van der Waals surface area contributed by atoms with Gasteiger partial charge in [0.05, 0.1) is 5.69 Å². The Balaban J connectivity index is 1.71. The van der Waals surface area contributed by atoms with Gasteiger partial charge in [-0.3, -0.25) is 4.79 Å². The van der Waals surface area contributed by atoms with Crippen LogP contribution in [-0.2, 0) is 4.79 Å². The van der Waals surface area contributed by atoms with Gasteiger partial charge in [0.25, 0.3) is 0 Å². The molecule has 5 rings (SSSR count). The molecule has 1 aliphatic heterocycles. The molecule has 1 atom stereocenters. The summed E-state index contributed by atoms with van der Waals surface area (Å²) in [5.41, 5.74) is 4.35. The third-order valence-electron chi connectivity index (χ3n) is 4.94. The number of hydrogen-bond donors (Lipinski definition) is 2. The second-order valence-corrected chi connectivity index (χ2v) is 6.76. The number of carbonyl (C=O) groups excluding carboxylic acids is 1. The topological polar surface area (TPSA) is 80.0 Å². The van der Waals surface area contributed by atoms with E-state index in [0.29, 0.717) is 22.4 Å².